The molecule has 1 radical (unpaired) electrons. The molecule has 299 valence electrons. The van der Waals surface area contributed by atoms with E-state index in [4.69, 9.17) is 4.98 Å². The number of fused-ring (bicyclic) bond motifs is 3. The van der Waals surface area contributed by atoms with Crippen molar-refractivity contribution in [3.05, 3.63) is 177 Å². The number of para-hydroxylation sites is 6. The van der Waals surface area contributed by atoms with Crippen LogP contribution in [0.5, 0.6) is 0 Å². The summed E-state index contributed by atoms with van der Waals surface area (Å²) in [5, 5.41) is 0. The quantitative estimate of drug-likeness (QED) is 0.112. The maximum atomic E-state index is 5.01. The van der Waals surface area contributed by atoms with Gasteiger partial charge in [0.1, 0.15) is 5.65 Å². The van der Waals surface area contributed by atoms with E-state index < -0.39 is 0 Å². The van der Waals surface area contributed by atoms with Crippen molar-refractivity contribution in [2.24, 2.45) is 0 Å². The van der Waals surface area contributed by atoms with Crippen LogP contribution in [-0.4, -0.2) is 27.5 Å². The summed E-state index contributed by atoms with van der Waals surface area (Å²) in [4.78, 5) is 18.8. The maximum absolute atomic E-state index is 5.01. The number of benzene rings is 5. The third-order valence-electron chi connectivity index (χ3n) is 10.3. The second-order valence-electron chi connectivity index (χ2n) is 16.6. The van der Waals surface area contributed by atoms with Gasteiger partial charge in [0.05, 0.1) is 11.4 Å². The van der Waals surface area contributed by atoms with Crippen molar-refractivity contribution in [3.63, 3.8) is 0 Å². The van der Waals surface area contributed by atoms with E-state index in [1.54, 1.807) is 0 Å². The Labute approximate surface area is 358 Å². The molecule has 0 bridgehead atoms. The van der Waals surface area contributed by atoms with Crippen LogP contribution in [0, 0.1) is 31.5 Å². The van der Waals surface area contributed by atoms with E-state index in [0.29, 0.717) is 0 Å². The van der Waals surface area contributed by atoms with E-state index in [9.17, 15) is 0 Å². The Morgan fingerprint density at radius 3 is 1.50 bits per heavy atom. The Balaban J connectivity index is 0.000000187. The first kappa shape index (κ1) is 40.8. The molecule has 8 heteroatoms. The van der Waals surface area contributed by atoms with Crippen LogP contribution in [-0.2, 0) is 30.9 Å². The molecule has 5 aromatic carbocycles. The minimum absolute atomic E-state index is 0. The summed E-state index contributed by atoms with van der Waals surface area (Å²) < 4.78 is 2.20. The van der Waals surface area contributed by atoms with Crippen LogP contribution >= 0.6 is 0 Å². The van der Waals surface area contributed by atoms with Crippen molar-refractivity contribution in [1.29, 1.82) is 0 Å². The molecule has 0 aliphatic carbocycles. The molecule has 0 atom stereocenters. The number of aromatic nitrogens is 3. The van der Waals surface area contributed by atoms with E-state index >= 15 is 0 Å². The topological polar surface area (TPSA) is 43.2 Å². The molecule has 0 N–H and O–H groups in total. The smallest absolute Gasteiger partial charge is 0.120 e. The monoisotopic (exact) mass is 941 g/mol. The number of rotatable bonds is 8. The number of hydrogen-bond acceptors (Lipinski definition) is 6. The molecule has 0 unspecified atom stereocenters. The van der Waals surface area contributed by atoms with E-state index in [1.165, 1.54) is 28.4 Å². The fraction of sp³-hybridized carbons (Fsp3) is 0.240. The minimum atomic E-state index is -0.0215. The minimum Gasteiger partial charge on any atom is -0.501 e. The average Bonchev–Trinajstić information content (AvgIpc) is 3.93. The van der Waals surface area contributed by atoms with Crippen LogP contribution in [0.15, 0.2) is 134 Å². The summed E-state index contributed by atoms with van der Waals surface area (Å²) in [5.74, 6) is 0. The zero-order valence-corrected chi connectivity index (χ0v) is 36.5. The van der Waals surface area contributed by atoms with Gasteiger partial charge in [0.2, 0.25) is 0 Å². The van der Waals surface area contributed by atoms with Gasteiger partial charge in [-0.1, -0.05) is 65.8 Å². The second kappa shape index (κ2) is 17.2. The van der Waals surface area contributed by atoms with Gasteiger partial charge in [0, 0.05) is 71.8 Å². The molecule has 58 heavy (non-hydrogen) atoms. The molecule has 0 spiro atoms. The number of unbranched alkanes of at least 4 members (excludes halogenated alkanes) is 1. The van der Waals surface area contributed by atoms with Crippen molar-refractivity contribution in [1.82, 2.24) is 14.4 Å². The fourth-order valence-corrected chi connectivity index (χ4v) is 7.67. The molecule has 2 aliphatic heterocycles. The van der Waals surface area contributed by atoms with Gasteiger partial charge in [0.25, 0.3) is 0 Å². The van der Waals surface area contributed by atoms with Crippen LogP contribution in [0.3, 0.4) is 0 Å². The van der Waals surface area contributed by atoms with Gasteiger partial charge in [-0.25, -0.2) is 4.98 Å². The summed E-state index contributed by atoms with van der Waals surface area (Å²) >= 11 is 0. The van der Waals surface area contributed by atoms with E-state index in [2.05, 4.69) is 175 Å². The number of hydrogen-bond donors (Lipinski definition) is 0. The molecule has 0 amide bonds. The van der Waals surface area contributed by atoms with Crippen molar-refractivity contribution in [2.45, 2.75) is 65.2 Å². The van der Waals surface area contributed by atoms with Gasteiger partial charge in [-0.15, -0.1) is 47.3 Å². The third-order valence-corrected chi connectivity index (χ3v) is 10.3. The Morgan fingerprint density at radius 2 is 1.05 bits per heavy atom. The number of imidazole rings is 1. The van der Waals surface area contributed by atoms with Crippen LogP contribution in [0.4, 0.5) is 34.1 Å². The summed E-state index contributed by atoms with van der Waals surface area (Å²) in [6.45, 7) is 19.7. The molecule has 0 fully saturated rings. The molecule has 7 aromatic rings. The molecule has 2 aromatic heterocycles. The molecule has 7 nitrogen and oxygen atoms in total. The molecule has 2 aliphatic rings. The summed E-state index contributed by atoms with van der Waals surface area (Å²) in [6.07, 6.45) is 6.07. The molecular formula is C50H50IrN7-5. The van der Waals surface area contributed by atoms with Crippen LogP contribution in [0.1, 0.15) is 65.8 Å². The Morgan fingerprint density at radius 1 is 0.569 bits per heavy atom. The first-order chi connectivity index (χ1) is 27.6. The summed E-state index contributed by atoms with van der Waals surface area (Å²) in [5.41, 5.74) is 12.2. The molecular weight excluding hydrogens is 891 g/mol. The molecule has 9 rings (SSSR count). The maximum Gasteiger partial charge on any atom is 0.120 e. The van der Waals surface area contributed by atoms with Gasteiger partial charge in [-0.3, -0.25) is 4.98 Å². The van der Waals surface area contributed by atoms with Crippen molar-refractivity contribution in [3.8, 4) is 11.3 Å². The van der Waals surface area contributed by atoms with E-state index in [-0.39, 0.29) is 30.9 Å². The van der Waals surface area contributed by atoms with Crippen LogP contribution < -0.4 is 19.6 Å². The predicted molar refractivity (Wildman–Crippen MR) is 235 cm³/mol. The van der Waals surface area contributed by atoms with E-state index in [1.807, 2.05) is 60.9 Å². The Hall–Kier alpha value is -5.43. The van der Waals surface area contributed by atoms with Gasteiger partial charge in [0.15, 0.2) is 0 Å². The zero-order valence-electron chi connectivity index (χ0n) is 34.1. The van der Waals surface area contributed by atoms with Gasteiger partial charge in [-0.05, 0) is 50.2 Å². The third kappa shape index (κ3) is 8.41. The molecule has 0 saturated heterocycles. The van der Waals surface area contributed by atoms with Crippen molar-refractivity contribution < 1.29 is 20.1 Å². The van der Waals surface area contributed by atoms with Gasteiger partial charge >= 0.3 is 0 Å². The van der Waals surface area contributed by atoms with Gasteiger partial charge in [-0.2, -0.15) is 74.0 Å². The van der Waals surface area contributed by atoms with Crippen LogP contribution in [0.25, 0.3) is 16.9 Å². The largest absolute Gasteiger partial charge is 0.501 e. The molecule has 0 saturated carbocycles. The van der Waals surface area contributed by atoms with Crippen molar-refractivity contribution >= 4 is 39.8 Å². The average molecular weight is 941 g/mol. The predicted octanol–water partition coefficient (Wildman–Crippen LogP) is 11.7. The van der Waals surface area contributed by atoms with Crippen LogP contribution in [0.2, 0.25) is 0 Å². The Kier molecular flexibility index (Phi) is 12.1. The molecule has 4 heterocycles. The van der Waals surface area contributed by atoms with Crippen molar-refractivity contribution in [2.75, 3.05) is 32.7 Å². The standard InChI is InChI=1S/C30H26N4.C20H24N3.Ir/c1-3-13-25(14-4-1)33-23-31(27-17-7-9-19-29(27)33)21-11-12-22-32-24-34(26-15-5-2-6-16-26)30-20-10-8-18-28(30)32;1-19(2,3)16-17(20(4,5)6)23-13-12-21-15(18(23)22-16)14-10-8-7-9-11-14;/h1-10,13,15,17-20,23-24H,11-12,21-22H2;7-10,12-13H,1-6H3;/q-4;-1;. The number of nitrogens with zero attached hydrogens (tertiary/aromatic N) is 7. The SMILES string of the molecule is CC(C)(C)c1nc2c(-c3[c-]cccc3)nccn2c1C(C)(C)C.[Ir].[c-]1ccccc1N1[CH-]N(CCCCN2[CH-]N(c3[c-]cccc3)c3ccccc32)c2ccccc21. The fourth-order valence-electron chi connectivity index (χ4n) is 7.67. The first-order valence-electron chi connectivity index (χ1n) is 19.9. The zero-order chi connectivity index (χ0) is 39.6. The second-order valence-corrected chi connectivity index (χ2v) is 16.6. The number of anilines is 6. The summed E-state index contributed by atoms with van der Waals surface area (Å²) in [6, 6.07) is 51.4. The summed E-state index contributed by atoms with van der Waals surface area (Å²) in [7, 11) is 0. The Bertz CT molecular complexity index is 2320. The first-order valence-corrected chi connectivity index (χ1v) is 19.9. The normalized spacial score (nSPS) is 13.6. The van der Waals surface area contributed by atoms with Gasteiger partial charge < -0.3 is 24.0 Å². The van der Waals surface area contributed by atoms with E-state index in [0.717, 1.165) is 59.9 Å².